The number of pyridine rings is 1. The summed E-state index contributed by atoms with van der Waals surface area (Å²) in [6.45, 7) is 6.55. The van der Waals surface area contributed by atoms with Gasteiger partial charge in [-0.3, -0.25) is 4.79 Å². The molecular weight excluding hydrogens is 488 g/mol. The number of likely N-dealkylation sites (tertiary alicyclic amines) is 1. The highest BCUT2D eigenvalue weighted by atomic mass is 32.1. The molecule has 1 aromatic carbocycles. The Morgan fingerprint density at radius 2 is 2.00 bits per heavy atom. The van der Waals surface area contributed by atoms with Crippen LogP contribution < -0.4 is 10.5 Å². The molecule has 1 aliphatic heterocycles. The number of aromatic nitrogens is 4. The van der Waals surface area contributed by atoms with Crippen molar-refractivity contribution < 1.29 is 13.9 Å². The van der Waals surface area contributed by atoms with Crippen molar-refractivity contribution in [3.63, 3.8) is 0 Å². The summed E-state index contributed by atoms with van der Waals surface area (Å²) in [5.74, 6) is 0.667. The molecule has 37 heavy (non-hydrogen) atoms. The second-order valence-electron chi connectivity index (χ2n) is 9.63. The van der Waals surface area contributed by atoms with Gasteiger partial charge in [-0.05, 0) is 51.7 Å². The number of ether oxygens (including phenoxy) is 1. The number of aryl methyl sites for hydroxylation is 2. The van der Waals surface area contributed by atoms with Crippen LogP contribution in [0.4, 0.5) is 0 Å². The Hall–Kier alpha value is -3.63. The molecule has 1 fully saturated rings. The Bertz CT molecular complexity index is 1400. The predicted molar refractivity (Wildman–Crippen MR) is 140 cm³/mol. The summed E-state index contributed by atoms with van der Waals surface area (Å²) >= 11 is 1.65. The second kappa shape index (κ2) is 10.0. The second-order valence-corrected chi connectivity index (χ2v) is 10.9. The van der Waals surface area contributed by atoms with Crippen molar-refractivity contribution in [2.24, 2.45) is 5.73 Å². The fourth-order valence-electron chi connectivity index (χ4n) is 4.56. The molecule has 192 valence electrons. The van der Waals surface area contributed by atoms with Gasteiger partial charge in [0.2, 0.25) is 17.7 Å². The van der Waals surface area contributed by atoms with Gasteiger partial charge in [0.15, 0.2) is 0 Å². The van der Waals surface area contributed by atoms with Crippen LogP contribution in [0.25, 0.3) is 11.5 Å². The summed E-state index contributed by atoms with van der Waals surface area (Å²) in [5, 5.41) is 9.42. The SMILES string of the molecule is COc1cc(-c2nnc([C@](C)(N)Cc3ccccc3)o2)cc(C(=O)N2CCC[C@@H]2c2nc(C)c(C)s2)n1. The van der Waals surface area contributed by atoms with Crippen molar-refractivity contribution >= 4 is 17.2 Å². The molecule has 5 rings (SSSR count). The van der Waals surface area contributed by atoms with Crippen LogP contribution in [0.2, 0.25) is 0 Å². The van der Waals surface area contributed by atoms with Crippen molar-refractivity contribution in [2.75, 3.05) is 13.7 Å². The Morgan fingerprint density at radius 3 is 2.70 bits per heavy atom. The van der Waals surface area contributed by atoms with Crippen LogP contribution in [0.15, 0.2) is 46.9 Å². The van der Waals surface area contributed by atoms with E-state index >= 15 is 0 Å². The number of carbonyl (C=O) groups excluding carboxylic acids is 1. The molecule has 0 bridgehead atoms. The van der Waals surface area contributed by atoms with Crippen LogP contribution in [0, 0.1) is 13.8 Å². The van der Waals surface area contributed by atoms with Crippen LogP contribution in [0.5, 0.6) is 5.88 Å². The molecule has 10 heteroatoms. The largest absolute Gasteiger partial charge is 0.481 e. The number of benzene rings is 1. The number of nitrogens with zero attached hydrogens (tertiary/aromatic N) is 5. The Morgan fingerprint density at radius 1 is 1.22 bits per heavy atom. The van der Waals surface area contributed by atoms with Gasteiger partial charge in [0.25, 0.3) is 5.91 Å². The average molecular weight is 519 g/mol. The summed E-state index contributed by atoms with van der Waals surface area (Å²) in [6, 6.07) is 13.2. The molecule has 0 saturated carbocycles. The van der Waals surface area contributed by atoms with E-state index in [-0.39, 0.29) is 29.4 Å². The third-order valence-electron chi connectivity index (χ3n) is 6.65. The molecule has 2 atom stereocenters. The minimum atomic E-state index is -0.866. The first-order valence-electron chi connectivity index (χ1n) is 12.2. The topological polar surface area (TPSA) is 120 Å². The molecule has 0 aliphatic carbocycles. The average Bonchev–Trinajstić information content (AvgIpc) is 3.64. The van der Waals surface area contributed by atoms with E-state index in [4.69, 9.17) is 19.9 Å². The highest BCUT2D eigenvalue weighted by molar-refractivity contribution is 7.11. The smallest absolute Gasteiger partial charge is 0.273 e. The van der Waals surface area contributed by atoms with Gasteiger partial charge >= 0.3 is 0 Å². The first-order chi connectivity index (χ1) is 17.7. The lowest BCUT2D eigenvalue weighted by Crippen LogP contribution is -2.35. The summed E-state index contributed by atoms with van der Waals surface area (Å²) in [6.07, 6.45) is 2.32. The first-order valence-corrected chi connectivity index (χ1v) is 13.0. The minimum absolute atomic E-state index is 0.0627. The molecule has 0 unspecified atom stereocenters. The van der Waals surface area contributed by atoms with Crippen molar-refractivity contribution in [3.05, 3.63) is 75.2 Å². The maximum atomic E-state index is 13.6. The highest BCUT2D eigenvalue weighted by Gasteiger charge is 2.34. The number of nitrogens with two attached hydrogens (primary N) is 1. The number of hydrogen-bond acceptors (Lipinski definition) is 9. The minimum Gasteiger partial charge on any atom is -0.481 e. The third-order valence-corrected chi connectivity index (χ3v) is 7.82. The number of rotatable bonds is 7. The van der Waals surface area contributed by atoms with E-state index < -0.39 is 5.54 Å². The lowest BCUT2D eigenvalue weighted by atomic mass is 9.94. The summed E-state index contributed by atoms with van der Waals surface area (Å²) in [5.41, 5.74) is 8.57. The van der Waals surface area contributed by atoms with E-state index in [9.17, 15) is 4.79 Å². The number of thiazole rings is 1. The van der Waals surface area contributed by atoms with Crippen molar-refractivity contribution in [2.45, 2.75) is 51.6 Å². The maximum absolute atomic E-state index is 13.6. The third kappa shape index (κ3) is 5.12. The lowest BCUT2D eigenvalue weighted by molar-refractivity contribution is 0.0728. The monoisotopic (exact) mass is 518 g/mol. The van der Waals surface area contributed by atoms with Crippen molar-refractivity contribution in [3.8, 4) is 17.3 Å². The van der Waals surface area contributed by atoms with Crippen LogP contribution in [-0.2, 0) is 12.0 Å². The molecule has 1 amide bonds. The van der Waals surface area contributed by atoms with Gasteiger partial charge in [-0.2, -0.15) is 0 Å². The molecule has 4 heterocycles. The van der Waals surface area contributed by atoms with Gasteiger partial charge in [0.05, 0.1) is 24.4 Å². The normalized spacial score (nSPS) is 17.1. The number of methoxy groups -OCH3 is 1. The summed E-state index contributed by atoms with van der Waals surface area (Å²) < 4.78 is 11.4. The molecule has 0 radical (unpaired) electrons. The molecule has 2 N–H and O–H groups in total. The van der Waals surface area contributed by atoms with Gasteiger partial charge in [0.1, 0.15) is 10.7 Å². The zero-order valence-electron chi connectivity index (χ0n) is 21.4. The standard InChI is InChI=1S/C27H30N6O3S/c1-16-17(2)37-24(29-16)21-11-8-12-33(21)25(34)20-13-19(14-22(30-20)35-4)23-31-32-26(36-23)27(3,28)15-18-9-6-5-7-10-18/h5-7,9-10,13-14,21H,8,11-12,15,28H2,1-4H3/t21-,27-/m1/s1. The lowest BCUT2D eigenvalue weighted by Gasteiger charge is -2.23. The first kappa shape index (κ1) is 25.0. The fourth-order valence-corrected chi connectivity index (χ4v) is 5.63. The summed E-state index contributed by atoms with van der Waals surface area (Å²) in [4.78, 5) is 25.8. The molecular formula is C27H30N6O3S. The zero-order chi connectivity index (χ0) is 26.2. The number of amides is 1. The van der Waals surface area contributed by atoms with E-state index in [1.54, 1.807) is 23.5 Å². The van der Waals surface area contributed by atoms with Gasteiger partial charge in [-0.15, -0.1) is 21.5 Å². The summed E-state index contributed by atoms with van der Waals surface area (Å²) in [7, 11) is 1.51. The zero-order valence-corrected chi connectivity index (χ0v) is 22.2. The van der Waals surface area contributed by atoms with Crippen LogP contribution in [-0.4, -0.2) is 44.6 Å². The van der Waals surface area contributed by atoms with Gasteiger partial charge in [-0.25, -0.2) is 9.97 Å². The Kier molecular flexibility index (Phi) is 6.78. The van der Waals surface area contributed by atoms with E-state index in [0.29, 0.717) is 24.4 Å². The Labute approximate surface area is 219 Å². The highest BCUT2D eigenvalue weighted by Crippen LogP contribution is 2.36. The Balaban J connectivity index is 1.43. The number of carbonyl (C=O) groups is 1. The van der Waals surface area contributed by atoms with E-state index in [1.807, 2.05) is 49.1 Å². The van der Waals surface area contributed by atoms with Crippen molar-refractivity contribution in [1.29, 1.82) is 0 Å². The van der Waals surface area contributed by atoms with Crippen LogP contribution >= 0.6 is 11.3 Å². The molecule has 4 aromatic rings. The molecule has 3 aromatic heterocycles. The van der Waals surface area contributed by atoms with Crippen LogP contribution in [0.3, 0.4) is 0 Å². The molecule has 1 aliphatic rings. The predicted octanol–water partition coefficient (Wildman–Crippen LogP) is 4.61. The van der Waals surface area contributed by atoms with E-state index in [0.717, 1.165) is 29.1 Å². The number of hydrogen-bond donors (Lipinski definition) is 1. The maximum Gasteiger partial charge on any atom is 0.273 e. The molecule has 9 nitrogen and oxygen atoms in total. The van der Waals surface area contributed by atoms with E-state index in [1.165, 1.54) is 12.0 Å². The van der Waals surface area contributed by atoms with Gasteiger partial charge in [0, 0.05) is 23.1 Å². The van der Waals surface area contributed by atoms with Gasteiger partial charge in [-0.1, -0.05) is 30.3 Å². The van der Waals surface area contributed by atoms with E-state index in [2.05, 4.69) is 22.1 Å². The molecule has 0 spiro atoms. The van der Waals surface area contributed by atoms with Crippen LogP contribution in [0.1, 0.15) is 63.3 Å². The van der Waals surface area contributed by atoms with Gasteiger partial charge < -0.3 is 19.8 Å². The molecule has 1 saturated heterocycles. The quantitative estimate of drug-likeness (QED) is 0.377. The fraction of sp³-hybridized carbons (Fsp3) is 0.370. The van der Waals surface area contributed by atoms with Crippen molar-refractivity contribution in [1.82, 2.24) is 25.1 Å².